The van der Waals surface area contributed by atoms with Crippen LogP contribution in [0.25, 0.3) is 0 Å². The minimum Gasteiger partial charge on any atom is -0.465 e. The third-order valence-corrected chi connectivity index (χ3v) is 2.44. The number of nitrogens with zero attached hydrogens (tertiary/aromatic N) is 2. The summed E-state index contributed by atoms with van der Waals surface area (Å²) in [6.07, 6.45) is 2.74. The number of nitrogens with one attached hydrogen (secondary N) is 1. The lowest BCUT2D eigenvalue weighted by Crippen LogP contribution is -2.07. The summed E-state index contributed by atoms with van der Waals surface area (Å²) < 4.78 is 4.65. The van der Waals surface area contributed by atoms with Gasteiger partial charge in [-0.1, -0.05) is 17.7 Å². The number of hydrogen-bond donors (Lipinski definition) is 1. The summed E-state index contributed by atoms with van der Waals surface area (Å²) in [6, 6.07) is 7.09. The topological polar surface area (TPSA) is 64.1 Å². The van der Waals surface area contributed by atoms with Crippen LogP contribution < -0.4 is 5.32 Å². The predicted octanol–water partition coefficient (Wildman–Crippen LogP) is 2.66. The number of carbonyl (C=O) groups excluding carboxylic acids is 1. The summed E-state index contributed by atoms with van der Waals surface area (Å²) in [4.78, 5) is 19.3. The first-order valence-electron chi connectivity index (χ1n) is 5.11. The first-order chi connectivity index (χ1) is 8.70. The highest BCUT2D eigenvalue weighted by atomic mass is 35.5. The molecule has 0 saturated heterocycles. The number of aromatic nitrogens is 2. The van der Waals surface area contributed by atoms with Crippen molar-refractivity contribution in [2.24, 2.45) is 0 Å². The molecule has 0 aliphatic rings. The average molecular weight is 264 g/mol. The highest BCUT2D eigenvalue weighted by Crippen LogP contribution is 2.21. The van der Waals surface area contributed by atoms with Gasteiger partial charge in [-0.3, -0.25) is 0 Å². The maximum absolute atomic E-state index is 11.5. The number of halogens is 1. The minimum absolute atomic E-state index is 0.264. The van der Waals surface area contributed by atoms with E-state index in [1.807, 2.05) is 6.07 Å². The summed E-state index contributed by atoms with van der Waals surface area (Å²) in [6.45, 7) is 0. The SMILES string of the molecule is COC(=O)c1cncnc1Nc1cccc(Cl)c1. The van der Waals surface area contributed by atoms with Gasteiger partial charge in [0.2, 0.25) is 0 Å². The second-order valence-electron chi connectivity index (χ2n) is 3.41. The molecule has 0 spiro atoms. The van der Waals surface area contributed by atoms with Crippen LogP contribution in [0.15, 0.2) is 36.8 Å². The quantitative estimate of drug-likeness (QED) is 0.863. The fraction of sp³-hybridized carbons (Fsp3) is 0.0833. The number of esters is 1. The van der Waals surface area contributed by atoms with E-state index in [-0.39, 0.29) is 5.56 Å². The zero-order valence-corrected chi connectivity index (χ0v) is 10.3. The summed E-state index contributed by atoms with van der Waals surface area (Å²) >= 11 is 5.88. The van der Waals surface area contributed by atoms with Gasteiger partial charge in [0, 0.05) is 16.9 Å². The van der Waals surface area contributed by atoms with Crippen LogP contribution in [0.4, 0.5) is 11.5 Å². The van der Waals surface area contributed by atoms with E-state index in [9.17, 15) is 4.79 Å². The maximum atomic E-state index is 11.5. The first kappa shape index (κ1) is 12.3. The van der Waals surface area contributed by atoms with E-state index in [0.717, 1.165) is 5.69 Å². The molecule has 0 bridgehead atoms. The Balaban J connectivity index is 2.32. The van der Waals surface area contributed by atoms with Gasteiger partial charge in [-0.15, -0.1) is 0 Å². The van der Waals surface area contributed by atoms with Crippen LogP contribution in [0.3, 0.4) is 0 Å². The number of benzene rings is 1. The molecule has 1 aromatic carbocycles. The molecule has 0 atom stereocenters. The van der Waals surface area contributed by atoms with Gasteiger partial charge < -0.3 is 10.1 Å². The molecule has 18 heavy (non-hydrogen) atoms. The Kier molecular flexibility index (Phi) is 3.74. The number of carbonyl (C=O) groups is 1. The van der Waals surface area contributed by atoms with Crippen molar-refractivity contribution in [2.75, 3.05) is 12.4 Å². The van der Waals surface area contributed by atoms with Crippen LogP contribution in [0.1, 0.15) is 10.4 Å². The summed E-state index contributed by atoms with van der Waals surface area (Å²) in [5, 5.41) is 3.58. The molecular formula is C12H10ClN3O2. The zero-order valence-electron chi connectivity index (χ0n) is 9.55. The summed E-state index contributed by atoms with van der Waals surface area (Å²) in [7, 11) is 1.30. The fourth-order valence-electron chi connectivity index (χ4n) is 1.39. The van der Waals surface area contributed by atoms with Crippen LogP contribution in [0, 0.1) is 0 Å². The van der Waals surface area contributed by atoms with Crippen molar-refractivity contribution >= 4 is 29.1 Å². The van der Waals surface area contributed by atoms with E-state index in [4.69, 9.17) is 11.6 Å². The van der Waals surface area contributed by atoms with E-state index in [2.05, 4.69) is 20.0 Å². The van der Waals surface area contributed by atoms with Gasteiger partial charge >= 0.3 is 5.97 Å². The Hall–Kier alpha value is -2.14. The Bertz CT molecular complexity index is 575. The molecule has 2 rings (SSSR count). The minimum atomic E-state index is -0.500. The lowest BCUT2D eigenvalue weighted by atomic mass is 10.2. The molecule has 5 nitrogen and oxygen atoms in total. The molecule has 0 saturated carbocycles. The Labute approximate surface area is 109 Å². The second-order valence-corrected chi connectivity index (χ2v) is 3.85. The number of methoxy groups -OCH3 is 1. The van der Waals surface area contributed by atoms with E-state index in [1.165, 1.54) is 19.6 Å². The van der Waals surface area contributed by atoms with E-state index in [0.29, 0.717) is 10.8 Å². The maximum Gasteiger partial charge on any atom is 0.343 e. The molecular weight excluding hydrogens is 254 g/mol. The number of hydrogen-bond acceptors (Lipinski definition) is 5. The third-order valence-electron chi connectivity index (χ3n) is 2.20. The molecule has 0 aliphatic carbocycles. The Morgan fingerprint density at radius 3 is 3.00 bits per heavy atom. The van der Waals surface area contributed by atoms with E-state index < -0.39 is 5.97 Å². The van der Waals surface area contributed by atoms with Crippen LogP contribution in [-0.2, 0) is 4.74 Å². The third kappa shape index (κ3) is 2.75. The first-order valence-corrected chi connectivity index (χ1v) is 5.49. The molecule has 0 fully saturated rings. The van der Waals surface area contributed by atoms with Crippen molar-refractivity contribution in [3.05, 3.63) is 47.4 Å². The van der Waals surface area contributed by atoms with Crippen LogP contribution in [0.2, 0.25) is 5.02 Å². The lowest BCUT2D eigenvalue weighted by molar-refractivity contribution is 0.0601. The van der Waals surface area contributed by atoms with Crippen molar-refractivity contribution in [1.29, 1.82) is 0 Å². The Morgan fingerprint density at radius 1 is 1.44 bits per heavy atom. The van der Waals surface area contributed by atoms with Gasteiger partial charge in [0.1, 0.15) is 17.7 Å². The van der Waals surface area contributed by atoms with Crippen molar-refractivity contribution in [1.82, 2.24) is 9.97 Å². The van der Waals surface area contributed by atoms with Crippen LogP contribution in [0.5, 0.6) is 0 Å². The van der Waals surface area contributed by atoms with Crippen molar-refractivity contribution in [3.63, 3.8) is 0 Å². The lowest BCUT2D eigenvalue weighted by Gasteiger charge is -2.08. The second kappa shape index (κ2) is 5.46. The van der Waals surface area contributed by atoms with Gasteiger partial charge in [-0.25, -0.2) is 14.8 Å². The van der Waals surface area contributed by atoms with Gasteiger partial charge in [-0.2, -0.15) is 0 Å². The molecule has 0 unspecified atom stereocenters. The van der Waals surface area contributed by atoms with Crippen LogP contribution >= 0.6 is 11.6 Å². The number of rotatable bonds is 3. The highest BCUT2D eigenvalue weighted by Gasteiger charge is 2.13. The molecule has 0 amide bonds. The van der Waals surface area contributed by atoms with Gasteiger partial charge in [-0.05, 0) is 18.2 Å². The summed E-state index contributed by atoms with van der Waals surface area (Å²) in [5.41, 5.74) is 0.992. The molecule has 6 heteroatoms. The number of ether oxygens (including phenoxy) is 1. The molecule has 1 heterocycles. The molecule has 0 aliphatic heterocycles. The number of anilines is 2. The average Bonchev–Trinajstić information content (AvgIpc) is 2.38. The van der Waals surface area contributed by atoms with Gasteiger partial charge in [0.05, 0.1) is 7.11 Å². The molecule has 1 aromatic heterocycles. The monoisotopic (exact) mass is 263 g/mol. The smallest absolute Gasteiger partial charge is 0.343 e. The molecule has 0 radical (unpaired) electrons. The standard InChI is InChI=1S/C12H10ClN3O2/c1-18-12(17)10-6-14-7-15-11(10)16-9-4-2-3-8(13)5-9/h2-7H,1H3,(H,14,15,16). The van der Waals surface area contributed by atoms with Crippen LogP contribution in [-0.4, -0.2) is 23.0 Å². The molecule has 92 valence electrons. The van der Waals surface area contributed by atoms with Crippen molar-refractivity contribution in [2.45, 2.75) is 0 Å². The van der Waals surface area contributed by atoms with Crippen molar-refractivity contribution in [3.8, 4) is 0 Å². The van der Waals surface area contributed by atoms with Gasteiger partial charge in [0.15, 0.2) is 0 Å². The van der Waals surface area contributed by atoms with Crippen molar-refractivity contribution < 1.29 is 9.53 Å². The van der Waals surface area contributed by atoms with E-state index >= 15 is 0 Å². The Morgan fingerprint density at radius 2 is 2.28 bits per heavy atom. The predicted molar refractivity (Wildman–Crippen MR) is 68.1 cm³/mol. The molecule has 2 aromatic rings. The molecule has 1 N–H and O–H groups in total. The normalized spacial score (nSPS) is 9.89. The largest absolute Gasteiger partial charge is 0.465 e. The zero-order chi connectivity index (χ0) is 13.0. The van der Waals surface area contributed by atoms with Gasteiger partial charge in [0.25, 0.3) is 0 Å². The fourth-order valence-corrected chi connectivity index (χ4v) is 1.58. The van der Waals surface area contributed by atoms with E-state index in [1.54, 1.807) is 18.2 Å². The summed E-state index contributed by atoms with van der Waals surface area (Å²) in [5.74, 6) is -0.126. The highest BCUT2D eigenvalue weighted by molar-refractivity contribution is 6.30.